The lowest BCUT2D eigenvalue weighted by Crippen LogP contribution is -2.36. The zero-order valence-corrected chi connectivity index (χ0v) is 14.5. The predicted molar refractivity (Wildman–Crippen MR) is 89.5 cm³/mol. The molecule has 0 bridgehead atoms. The van der Waals surface area contributed by atoms with E-state index in [1.165, 1.54) is 6.33 Å². The van der Waals surface area contributed by atoms with Crippen LogP contribution in [0, 0.1) is 12.3 Å². The summed E-state index contributed by atoms with van der Waals surface area (Å²) in [7, 11) is 0. The first kappa shape index (κ1) is 15.1. The molecule has 126 valence electrons. The second-order valence-corrected chi connectivity index (χ2v) is 7.39. The lowest BCUT2D eigenvalue weighted by Gasteiger charge is -2.38. The van der Waals surface area contributed by atoms with Gasteiger partial charge in [0.15, 0.2) is 5.78 Å². The minimum Gasteiger partial charge on any atom is -0.328 e. The average Bonchev–Trinajstić information content (AvgIpc) is 3.10. The molecular weight excluding hydrogens is 304 g/mol. The first-order valence-corrected chi connectivity index (χ1v) is 8.36. The highest BCUT2D eigenvalue weighted by Crippen LogP contribution is 2.45. The second kappa shape index (κ2) is 5.03. The highest BCUT2D eigenvalue weighted by Gasteiger charge is 2.42. The zero-order chi connectivity index (χ0) is 17.1. The number of hydrogen-bond acceptors (Lipinski definition) is 5. The molecule has 0 saturated heterocycles. The monoisotopic (exact) mass is 326 g/mol. The van der Waals surface area contributed by atoms with Crippen LogP contribution in [0.1, 0.15) is 50.9 Å². The average molecular weight is 326 g/mol. The summed E-state index contributed by atoms with van der Waals surface area (Å²) in [5, 5.41) is 12.2. The van der Waals surface area contributed by atoms with Gasteiger partial charge in [-0.1, -0.05) is 13.8 Å². The number of carbonyl (C=O) groups is 1. The van der Waals surface area contributed by atoms with Crippen molar-refractivity contribution < 1.29 is 4.79 Å². The van der Waals surface area contributed by atoms with Crippen LogP contribution in [0.3, 0.4) is 0 Å². The first-order valence-electron chi connectivity index (χ1n) is 8.36. The van der Waals surface area contributed by atoms with E-state index in [9.17, 15) is 4.79 Å². The van der Waals surface area contributed by atoms with Gasteiger partial charge in [-0.3, -0.25) is 9.48 Å². The van der Waals surface area contributed by atoms with Crippen LogP contribution in [-0.2, 0) is 11.3 Å². The number of anilines is 1. The van der Waals surface area contributed by atoms with Crippen molar-refractivity contribution in [3.63, 3.8) is 0 Å². The molecule has 24 heavy (non-hydrogen) atoms. The third-order valence-corrected chi connectivity index (χ3v) is 5.01. The van der Waals surface area contributed by atoms with Gasteiger partial charge < -0.3 is 5.32 Å². The Balaban J connectivity index is 1.91. The molecule has 0 amide bonds. The number of allylic oxidation sites excluding steroid dienone is 2. The molecule has 2 aromatic rings. The Morgan fingerprint density at radius 2 is 2.12 bits per heavy atom. The molecule has 3 heterocycles. The Bertz CT molecular complexity index is 856. The summed E-state index contributed by atoms with van der Waals surface area (Å²) in [6.07, 6.45) is 4.77. The molecule has 0 spiro atoms. The van der Waals surface area contributed by atoms with Gasteiger partial charge in [-0.25, -0.2) is 4.68 Å². The van der Waals surface area contributed by atoms with Gasteiger partial charge in [0.1, 0.15) is 12.4 Å². The molecule has 0 fully saturated rings. The van der Waals surface area contributed by atoms with Crippen LogP contribution in [0.5, 0.6) is 0 Å². The highest BCUT2D eigenvalue weighted by molar-refractivity contribution is 6.00. The van der Waals surface area contributed by atoms with Gasteiger partial charge >= 0.3 is 0 Å². The summed E-state index contributed by atoms with van der Waals surface area (Å²) in [5.74, 6) is 0.872. The highest BCUT2D eigenvalue weighted by atomic mass is 16.1. The molecule has 1 atom stereocenters. The molecule has 4 rings (SSSR count). The van der Waals surface area contributed by atoms with Gasteiger partial charge in [0.2, 0.25) is 5.95 Å². The van der Waals surface area contributed by atoms with Crippen LogP contribution in [-0.4, -0.2) is 30.3 Å². The van der Waals surface area contributed by atoms with Gasteiger partial charge in [-0.05, 0) is 25.7 Å². The molecule has 1 aliphatic heterocycles. The van der Waals surface area contributed by atoms with Crippen LogP contribution in [0.4, 0.5) is 5.95 Å². The first-order chi connectivity index (χ1) is 11.4. The summed E-state index contributed by atoms with van der Waals surface area (Å²) < 4.78 is 3.75. The molecule has 1 aliphatic carbocycles. The fraction of sp³-hybridized carbons (Fsp3) is 0.529. The number of fused-ring (bicyclic) bond motifs is 1. The van der Waals surface area contributed by atoms with E-state index in [1.54, 1.807) is 4.68 Å². The van der Waals surface area contributed by atoms with Crippen molar-refractivity contribution in [1.82, 2.24) is 24.5 Å². The summed E-state index contributed by atoms with van der Waals surface area (Å²) >= 11 is 0. The predicted octanol–water partition coefficient (Wildman–Crippen LogP) is 2.46. The van der Waals surface area contributed by atoms with Gasteiger partial charge in [0, 0.05) is 35.5 Å². The van der Waals surface area contributed by atoms with E-state index < -0.39 is 0 Å². The number of hydrogen-bond donors (Lipinski definition) is 1. The third-order valence-electron chi connectivity index (χ3n) is 5.01. The molecule has 7 nitrogen and oxygen atoms in total. The van der Waals surface area contributed by atoms with E-state index in [1.807, 2.05) is 17.8 Å². The van der Waals surface area contributed by atoms with E-state index in [-0.39, 0.29) is 17.2 Å². The van der Waals surface area contributed by atoms with Crippen molar-refractivity contribution in [1.29, 1.82) is 0 Å². The lowest BCUT2D eigenvalue weighted by molar-refractivity contribution is -0.118. The largest absolute Gasteiger partial charge is 0.328 e. The van der Waals surface area contributed by atoms with Crippen LogP contribution >= 0.6 is 0 Å². The number of aromatic nitrogens is 5. The minimum absolute atomic E-state index is 0.0434. The Labute approximate surface area is 140 Å². The van der Waals surface area contributed by atoms with E-state index in [0.717, 1.165) is 35.5 Å². The molecule has 2 aromatic heterocycles. The van der Waals surface area contributed by atoms with Gasteiger partial charge in [-0.15, -0.1) is 0 Å². The maximum Gasteiger partial charge on any atom is 0.226 e. The number of nitrogens with zero attached hydrogens (tertiary/aromatic N) is 5. The minimum atomic E-state index is -0.248. The number of nitrogens with one attached hydrogen (secondary N) is 1. The van der Waals surface area contributed by atoms with Crippen molar-refractivity contribution >= 4 is 11.7 Å². The Morgan fingerprint density at radius 1 is 1.33 bits per heavy atom. The number of aryl methyl sites for hydroxylation is 1. The summed E-state index contributed by atoms with van der Waals surface area (Å²) in [5.41, 5.74) is 3.83. The second-order valence-electron chi connectivity index (χ2n) is 7.39. The maximum atomic E-state index is 13.0. The van der Waals surface area contributed by atoms with E-state index >= 15 is 0 Å². The fourth-order valence-electron chi connectivity index (χ4n) is 3.88. The normalized spacial score (nSPS) is 22.2. The Hall–Kier alpha value is -2.44. The quantitative estimate of drug-likeness (QED) is 0.917. The van der Waals surface area contributed by atoms with Crippen molar-refractivity contribution in [3.8, 4) is 0 Å². The van der Waals surface area contributed by atoms with Gasteiger partial charge in [-0.2, -0.15) is 15.2 Å². The molecule has 0 radical (unpaired) electrons. The number of Topliss-reactive ketones (excluding diaryl/α,β-unsaturated/α-hetero) is 1. The van der Waals surface area contributed by atoms with E-state index in [2.05, 4.69) is 41.3 Å². The standard InChI is InChI=1S/C17H22N6O/c1-5-22-10(2)11(8-19-22)15-14-12(6-17(3,4)7-13(14)24)21-16-18-9-20-23(15)16/h8-9,15H,5-7H2,1-4H3,(H,18,20,21)/t15-/m1/s1. The topological polar surface area (TPSA) is 77.6 Å². The molecule has 0 unspecified atom stereocenters. The number of rotatable bonds is 2. The van der Waals surface area contributed by atoms with Crippen molar-refractivity contribution in [2.24, 2.45) is 5.41 Å². The van der Waals surface area contributed by atoms with Crippen molar-refractivity contribution in [2.75, 3.05) is 5.32 Å². The van der Waals surface area contributed by atoms with Crippen molar-refractivity contribution in [3.05, 3.63) is 35.1 Å². The van der Waals surface area contributed by atoms with Crippen LogP contribution in [0.2, 0.25) is 0 Å². The summed E-state index contributed by atoms with van der Waals surface area (Å²) in [6, 6.07) is -0.248. The Morgan fingerprint density at radius 3 is 2.83 bits per heavy atom. The zero-order valence-electron chi connectivity index (χ0n) is 14.5. The summed E-state index contributed by atoms with van der Waals surface area (Å²) in [4.78, 5) is 17.3. The molecule has 7 heteroatoms. The molecule has 1 N–H and O–H groups in total. The fourth-order valence-corrected chi connectivity index (χ4v) is 3.88. The molecule has 2 aliphatic rings. The van der Waals surface area contributed by atoms with Gasteiger partial charge in [0.25, 0.3) is 0 Å². The lowest BCUT2D eigenvalue weighted by atomic mass is 9.73. The molecular formula is C17H22N6O. The number of carbonyl (C=O) groups excluding carboxylic acids is 1. The van der Waals surface area contributed by atoms with Crippen LogP contribution in [0.25, 0.3) is 0 Å². The Kier molecular flexibility index (Phi) is 3.16. The van der Waals surface area contributed by atoms with Crippen LogP contribution in [0.15, 0.2) is 23.8 Å². The maximum absolute atomic E-state index is 13.0. The smallest absolute Gasteiger partial charge is 0.226 e. The van der Waals surface area contributed by atoms with Crippen molar-refractivity contribution in [2.45, 2.75) is 53.1 Å². The summed E-state index contributed by atoms with van der Waals surface area (Å²) in [6.45, 7) is 9.16. The van der Waals surface area contributed by atoms with Gasteiger partial charge in [0.05, 0.1) is 6.20 Å². The molecule has 0 saturated carbocycles. The SMILES string of the molecule is CCn1ncc([C@@H]2C3=C(CC(C)(C)CC3=O)Nc3ncnn32)c1C. The third kappa shape index (κ3) is 2.11. The number of ketones is 1. The van der Waals surface area contributed by atoms with Crippen LogP contribution < -0.4 is 5.32 Å². The van der Waals surface area contributed by atoms with E-state index in [4.69, 9.17) is 0 Å². The molecule has 0 aromatic carbocycles. The van der Waals surface area contributed by atoms with E-state index in [0.29, 0.717) is 12.4 Å².